The molecular weight excluding hydrogens is 460 g/mol. The average Bonchev–Trinajstić information content (AvgIpc) is 3.53. The van der Waals surface area contributed by atoms with Gasteiger partial charge in [0.2, 0.25) is 16.9 Å². The maximum atomic E-state index is 2.67. The molecule has 38 heavy (non-hydrogen) atoms. The molecule has 2 nitrogen and oxygen atoms in total. The van der Waals surface area contributed by atoms with Gasteiger partial charge in [0.15, 0.2) is 6.20 Å². The predicted octanol–water partition coefficient (Wildman–Crippen LogP) is 6.98. The molecule has 0 N–H and O–H groups in total. The van der Waals surface area contributed by atoms with Crippen molar-refractivity contribution in [1.29, 1.82) is 0 Å². The zero-order valence-electron chi connectivity index (χ0n) is 21.4. The molecule has 2 aliphatic heterocycles. The topological polar surface area (TPSA) is 7.76 Å². The maximum absolute atomic E-state index is 2.67. The SMILES string of the molecule is CC1(C)c2ccccc2-c2c1c1ccccc1[n+]1c2-c2ccccc2C12c1ccccc1-c1cccc[n+]12. The van der Waals surface area contributed by atoms with Crippen molar-refractivity contribution in [2.24, 2.45) is 0 Å². The Kier molecular flexibility index (Phi) is 3.59. The van der Waals surface area contributed by atoms with Crippen LogP contribution in [0.1, 0.15) is 36.1 Å². The molecule has 1 atom stereocenters. The zero-order valence-corrected chi connectivity index (χ0v) is 21.4. The number of hydrogen-bond acceptors (Lipinski definition) is 0. The summed E-state index contributed by atoms with van der Waals surface area (Å²) in [6, 6.07) is 42.8. The van der Waals surface area contributed by atoms with Crippen LogP contribution in [0.2, 0.25) is 0 Å². The lowest BCUT2D eigenvalue weighted by Gasteiger charge is -2.24. The first kappa shape index (κ1) is 20.5. The van der Waals surface area contributed by atoms with Crippen molar-refractivity contribution >= 4 is 10.9 Å². The molecule has 0 fully saturated rings. The molecule has 2 aromatic heterocycles. The number of nitrogens with zero attached hydrogens (tertiary/aromatic N) is 2. The van der Waals surface area contributed by atoms with Crippen molar-refractivity contribution in [1.82, 2.24) is 0 Å². The Hall–Kier alpha value is -4.56. The summed E-state index contributed by atoms with van der Waals surface area (Å²) >= 11 is 0. The smallest absolute Gasteiger partial charge is 0.126 e. The molecule has 0 saturated carbocycles. The van der Waals surface area contributed by atoms with E-state index >= 15 is 0 Å². The molecule has 1 aliphatic carbocycles. The molecule has 6 aromatic rings. The Balaban J connectivity index is 1.60. The number of para-hydroxylation sites is 1. The van der Waals surface area contributed by atoms with E-state index in [-0.39, 0.29) is 5.41 Å². The van der Waals surface area contributed by atoms with Gasteiger partial charge in [0.1, 0.15) is 11.1 Å². The second-order valence-electron chi connectivity index (χ2n) is 11.3. The summed E-state index contributed by atoms with van der Waals surface area (Å²) in [7, 11) is 0. The van der Waals surface area contributed by atoms with Crippen LogP contribution in [0.15, 0.2) is 121 Å². The van der Waals surface area contributed by atoms with Crippen LogP contribution in [0.5, 0.6) is 0 Å². The van der Waals surface area contributed by atoms with Gasteiger partial charge in [0.05, 0.1) is 22.1 Å². The molecule has 0 amide bonds. The summed E-state index contributed by atoms with van der Waals surface area (Å²) < 4.78 is 5.18. The molecule has 9 rings (SSSR count). The van der Waals surface area contributed by atoms with E-state index in [0.717, 1.165) is 0 Å². The van der Waals surface area contributed by atoms with Crippen LogP contribution in [-0.4, -0.2) is 0 Å². The van der Waals surface area contributed by atoms with Gasteiger partial charge in [-0.05, 0) is 53.1 Å². The molecular formula is C36H26N2+2. The van der Waals surface area contributed by atoms with E-state index in [1.807, 2.05) is 0 Å². The molecule has 4 aromatic carbocycles. The minimum Gasteiger partial charge on any atom is -0.126 e. The first-order valence-corrected chi connectivity index (χ1v) is 13.5. The normalized spacial score (nSPS) is 18.6. The van der Waals surface area contributed by atoms with E-state index in [2.05, 4.69) is 144 Å². The van der Waals surface area contributed by atoms with Crippen molar-refractivity contribution in [2.75, 3.05) is 0 Å². The van der Waals surface area contributed by atoms with Gasteiger partial charge in [0.25, 0.3) is 0 Å². The van der Waals surface area contributed by atoms with E-state index < -0.39 is 5.66 Å². The Morgan fingerprint density at radius 2 is 1.16 bits per heavy atom. The largest absolute Gasteiger partial charge is 0.418 e. The molecule has 4 heterocycles. The highest BCUT2D eigenvalue weighted by molar-refractivity contribution is 6.00. The molecule has 1 unspecified atom stereocenters. The fourth-order valence-electron chi connectivity index (χ4n) is 7.95. The molecule has 0 saturated heterocycles. The minimum atomic E-state index is -0.505. The van der Waals surface area contributed by atoms with Crippen molar-refractivity contribution in [2.45, 2.75) is 24.9 Å². The molecule has 3 aliphatic rings. The van der Waals surface area contributed by atoms with Gasteiger partial charge in [-0.1, -0.05) is 74.5 Å². The fourth-order valence-corrected chi connectivity index (χ4v) is 7.95. The van der Waals surface area contributed by atoms with Crippen LogP contribution in [0.25, 0.3) is 44.5 Å². The summed E-state index contributed by atoms with van der Waals surface area (Å²) in [5, 5.41) is 1.34. The first-order chi connectivity index (χ1) is 18.6. The number of pyridine rings is 2. The molecule has 0 radical (unpaired) electrons. The number of rotatable bonds is 0. The zero-order chi connectivity index (χ0) is 25.2. The van der Waals surface area contributed by atoms with Crippen molar-refractivity contribution < 1.29 is 9.13 Å². The summed E-state index contributed by atoms with van der Waals surface area (Å²) in [5.41, 5.74) is 14.1. The third-order valence-corrected chi connectivity index (χ3v) is 9.29. The Morgan fingerprint density at radius 1 is 0.553 bits per heavy atom. The first-order valence-electron chi connectivity index (χ1n) is 13.5. The highest BCUT2D eigenvalue weighted by atomic mass is 15.3. The van der Waals surface area contributed by atoms with Crippen molar-refractivity contribution in [3.8, 4) is 33.6 Å². The van der Waals surface area contributed by atoms with E-state index in [9.17, 15) is 0 Å². The second-order valence-corrected chi connectivity index (χ2v) is 11.3. The number of hydrogen-bond donors (Lipinski definition) is 0. The van der Waals surface area contributed by atoms with Gasteiger partial charge in [0, 0.05) is 23.6 Å². The minimum absolute atomic E-state index is 0.0928. The summed E-state index contributed by atoms with van der Waals surface area (Å²) in [5.74, 6) is 0. The Labute approximate surface area is 222 Å². The van der Waals surface area contributed by atoms with E-state index in [0.29, 0.717) is 0 Å². The Bertz CT molecular complexity index is 1970. The van der Waals surface area contributed by atoms with E-state index in [1.54, 1.807) is 0 Å². The molecule has 2 heteroatoms. The fraction of sp³-hybridized carbons (Fsp3) is 0.111. The third kappa shape index (κ3) is 2.08. The molecule has 1 spiro atoms. The van der Waals surface area contributed by atoms with E-state index in [1.165, 1.54) is 66.8 Å². The highest BCUT2D eigenvalue weighted by Gasteiger charge is 2.68. The second kappa shape index (κ2) is 6.65. The third-order valence-electron chi connectivity index (χ3n) is 9.29. The van der Waals surface area contributed by atoms with Gasteiger partial charge in [-0.25, -0.2) is 0 Å². The average molecular weight is 487 g/mol. The summed E-state index contributed by atoms with van der Waals surface area (Å²) in [6.07, 6.45) is 2.27. The lowest BCUT2D eigenvalue weighted by Crippen LogP contribution is -2.71. The van der Waals surface area contributed by atoms with Gasteiger partial charge >= 0.3 is 5.66 Å². The van der Waals surface area contributed by atoms with Crippen LogP contribution in [-0.2, 0) is 11.1 Å². The standard InChI is InChI=1S/C36H26N2/c1-35(2)27-17-7-4-14-24(27)32-33(35)26-16-6-10-21-31(26)38-34(32)25-15-5-9-19-29(25)36(38)28-18-8-3-13-23(28)30-20-11-12-22-37(30)36/h3-22H,1-2H3/q+2. The lowest BCUT2D eigenvalue weighted by atomic mass is 9.80. The van der Waals surface area contributed by atoms with Crippen LogP contribution in [0, 0.1) is 0 Å². The van der Waals surface area contributed by atoms with Crippen molar-refractivity contribution in [3.63, 3.8) is 0 Å². The van der Waals surface area contributed by atoms with Crippen LogP contribution < -0.4 is 9.13 Å². The number of aromatic nitrogens is 2. The van der Waals surface area contributed by atoms with E-state index in [4.69, 9.17) is 0 Å². The summed E-state index contributed by atoms with van der Waals surface area (Å²) in [6.45, 7) is 4.79. The molecule has 0 bridgehead atoms. The van der Waals surface area contributed by atoms with Crippen LogP contribution >= 0.6 is 0 Å². The Morgan fingerprint density at radius 3 is 1.97 bits per heavy atom. The lowest BCUT2D eigenvalue weighted by molar-refractivity contribution is -0.944. The van der Waals surface area contributed by atoms with Crippen LogP contribution in [0.4, 0.5) is 0 Å². The van der Waals surface area contributed by atoms with Crippen molar-refractivity contribution in [3.05, 3.63) is 144 Å². The summed E-state index contributed by atoms with van der Waals surface area (Å²) in [4.78, 5) is 0. The molecule has 178 valence electrons. The number of benzene rings is 4. The van der Waals surface area contributed by atoms with Gasteiger partial charge < -0.3 is 0 Å². The highest BCUT2D eigenvalue weighted by Crippen LogP contribution is 2.57. The predicted molar refractivity (Wildman–Crippen MR) is 151 cm³/mol. The number of fused-ring (bicyclic) bond motifs is 17. The quantitative estimate of drug-likeness (QED) is 0.204. The maximum Gasteiger partial charge on any atom is 0.418 e. The van der Waals surface area contributed by atoms with Crippen LogP contribution in [0.3, 0.4) is 0 Å². The van der Waals surface area contributed by atoms with Gasteiger partial charge in [-0.15, -0.1) is 9.13 Å². The van der Waals surface area contributed by atoms with Gasteiger partial charge in [-0.3, -0.25) is 0 Å². The monoisotopic (exact) mass is 486 g/mol. The van der Waals surface area contributed by atoms with Gasteiger partial charge in [-0.2, -0.15) is 0 Å².